The molecule has 1 aliphatic carbocycles. The summed E-state index contributed by atoms with van der Waals surface area (Å²) in [5.74, 6) is 0. The Morgan fingerprint density at radius 2 is 1.78 bits per heavy atom. The molecule has 1 aliphatic rings. The second-order valence-electron chi connectivity index (χ2n) is 2.42. The highest BCUT2D eigenvalue weighted by molar-refractivity contribution is 9.11. The highest BCUT2D eigenvalue weighted by atomic mass is 79.9. The van der Waals surface area contributed by atoms with Crippen LogP contribution in [0.4, 0.5) is 4.39 Å². The van der Waals surface area contributed by atoms with Crippen molar-refractivity contribution in [2.24, 2.45) is 0 Å². The molecule has 0 saturated heterocycles. The highest BCUT2D eigenvalue weighted by Crippen LogP contribution is 2.28. The third-order valence-electron chi connectivity index (χ3n) is 1.72. The van der Waals surface area contributed by atoms with Gasteiger partial charge in [-0.25, -0.2) is 0 Å². The van der Waals surface area contributed by atoms with Gasteiger partial charge in [0.2, 0.25) is 0 Å². The van der Waals surface area contributed by atoms with Crippen LogP contribution >= 0.6 is 15.9 Å². The van der Waals surface area contributed by atoms with Crippen LogP contribution in [-0.2, 0) is 0 Å². The zero-order chi connectivity index (χ0) is 6.69. The van der Waals surface area contributed by atoms with Crippen LogP contribution in [0.15, 0.2) is 10.3 Å². The molecule has 0 bridgehead atoms. The second-order valence-corrected chi connectivity index (χ2v) is 3.12. The van der Waals surface area contributed by atoms with Gasteiger partial charge in [0.05, 0.1) is 0 Å². The molecule has 2 heteroatoms. The van der Waals surface area contributed by atoms with Crippen molar-refractivity contribution in [2.45, 2.75) is 32.1 Å². The van der Waals surface area contributed by atoms with E-state index in [0.29, 0.717) is 0 Å². The molecule has 0 aromatic heterocycles. The molecular formula is C7H10BrF. The Morgan fingerprint density at radius 3 is 2.11 bits per heavy atom. The molecule has 0 unspecified atom stereocenters. The minimum Gasteiger partial charge on any atom is -0.199 e. The molecule has 0 aromatic rings. The summed E-state index contributed by atoms with van der Waals surface area (Å²) in [6.07, 6.45) is 5.50. The molecule has 0 atom stereocenters. The molecule has 52 valence electrons. The SMILES string of the molecule is FC(Br)=C1CCCCC1. The maximum Gasteiger partial charge on any atom is 0.164 e. The number of halogens is 2. The largest absolute Gasteiger partial charge is 0.199 e. The standard InChI is InChI=1S/C7H10BrF/c8-7(9)6-4-2-1-3-5-6/h1-5H2. The summed E-state index contributed by atoms with van der Waals surface area (Å²) in [5, 5.41) is 0. The van der Waals surface area contributed by atoms with Gasteiger partial charge >= 0.3 is 0 Å². The third-order valence-corrected chi connectivity index (χ3v) is 2.29. The van der Waals surface area contributed by atoms with Crippen LogP contribution in [0.2, 0.25) is 0 Å². The van der Waals surface area contributed by atoms with E-state index in [1.807, 2.05) is 0 Å². The van der Waals surface area contributed by atoms with E-state index in [-0.39, 0.29) is 4.74 Å². The molecule has 1 rings (SSSR count). The van der Waals surface area contributed by atoms with E-state index in [0.717, 1.165) is 31.3 Å². The molecule has 1 fully saturated rings. The fourth-order valence-corrected chi connectivity index (χ4v) is 1.56. The number of rotatable bonds is 0. The van der Waals surface area contributed by atoms with Crippen molar-refractivity contribution >= 4 is 15.9 Å². The van der Waals surface area contributed by atoms with E-state index in [1.165, 1.54) is 6.42 Å². The fraction of sp³-hybridized carbons (Fsp3) is 0.714. The van der Waals surface area contributed by atoms with E-state index in [2.05, 4.69) is 15.9 Å². The maximum absolute atomic E-state index is 12.4. The second kappa shape index (κ2) is 3.35. The van der Waals surface area contributed by atoms with E-state index in [4.69, 9.17) is 0 Å². The summed E-state index contributed by atoms with van der Waals surface area (Å²) in [5.41, 5.74) is 0.973. The van der Waals surface area contributed by atoms with Crippen molar-refractivity contribution in [1.82, 2.24) is 0 Å². The predicted molar refractivity (Wildman–Crippen MR) is 40.1 cm³/mol. The van der Waals surface area contributed by atoms with Gasteiger partial charge in [-0.1, -0.05) is 6.42 Å². The van der Waals surface area contributed by atoms with Gasteiger partial charge < -0.3 is 0 Å². The molecule has 0 aliphatic heterocycles. The van der Waals surface area contributed by atoms with Crippen LogP contribution in [0.3, 0.4) is 0 Å². The average Bonchev–Trinajstić information content (AvgIpc) is 1.90. The van der Waals surface area contributed by atoms with Crippen molar-refractivity contribution in [2.75, 3.05) is 0 Å². The van der Waals surface area contributed by atoms with Crippen molar-refractivity contribution in [3.05, 3.63) is 10.3 Å². The first-order chi connectivity index (χ1) is 4.30. The van der Waals surface area contributed by atoms with Crippen LogP contribution in [0.25, 0.3) is 0 Å². The summed E-state index contributed by atoms with van der Waals surface area (Å²) in [7, 11) is 0. The lowest BCUT2D eigenvalue weighted by molar-refractivity contribution is 0.570. The van der Waals surface area contributed by atoms with Gasteiger partial charge in [0.25, 0.3) is 0 Å². The van der Waals surface area contributed by atoms with E-state index < -0.39 is 0 Å². The first-order valence-corrected chi connectivity index (χ1v) is 4.13. The van der Waals surface area contributed by atoms with Crippen LogP contribution in [0.5, 0.6) is 0 Å². The maximum atomic E-state index is 12.4. The van der Waals surface area contributed by atoms with Crippen LogP contribution in [0, 0.1) is 0 Å². The Hall–Kier alpha value is 0.150. The Balaban J connectivity index is 2.49. The number of hydrogen-bond donors (Lipinski definition) is 0. The average molecular weight is 193 g/mol. The number of hydrogen-bond acceptors (Lipinski definition) is 0. The van der Waals surface area contributed by atoms with E-state index >= 15 is 0 Å². The molecule has 0 N–H and O–H groups in total. The van der Waals surface area contributed by atoms with E-state index in [9.17, 15) is 4.39 Å². The van der Waals surface area contributed by atoms with E-state index in [1.54, 1.807) is 0 Å². The highest BCUT2D eigenvalue weighted by Gasteiger charge is 2.08. The van der Waals surface area contributed by atoms with Crippen molar-refractivity contribution in [3.8, 4) is 0 Å². The molecule has 0 amide bonds. The first-order valence-electron chi connectivity index (χ1n) is 3.34. The fourth-order valence-electron chi connectivity index (χ4n) is 1.17. The Bertz CT molecular complexity index is 117. The zero-order valence-corrected chi connectivity index (χ0v) is 6.88. The van der Waals surface area contributed by atoms with Gasteiger partial charge in [0, 0.05) is 0 Å². The molecule has 0 heterocycles. The third kappa shape index (κ3) is 2.09. The summed E-state index contributed by atoms with van der Waals surface area (Å²) in [6.45, 7) is 0. The monoisotopic (exact) mass is 192 g/mol. The zero-order valence-electron chi connectivity index (χ0n) is 5.29. The summed E-state index contributed by atoms with van der Waals surface area (Å²) >= 11 is 2.85. The lowest BCUT2D eigenvalue weighted by atomic mass is 9.96. The van der Waals surface area contributed by atoms with Crippen LogP contribution < -0.4 is 0 Å². The summed E-state index contributed by atoms with van der Waals surface area (Å²) in [4.78, 5) is 0. The van der Waals surface area contributed by atoms with Gasteiger partial charge in [-0.3, -0.25) is 0 Å². The summed E-state index contributed by atoms with van der Waals surface area (Å²) in [6, 6.07) is 0. The van der Waals surface area contributed by atoms with Gasteiger partial charge in [-0.15, -0.1) is 0 Å². The molecule has 1 saturated carbocycles. The molecule has 0 spiro atoms. The first kappa shape index (κ1) is 7.26. The minimum absolute atomic E-state index is 0.123. The van der Waals surface area contributed by atoms with Gasteiger partial charge in [0.15, 0.2) is 4.74 Å². The lowest BCUT2D eigenvalue weighted by Crippen LogP contribution is -1.93. The Labute approximate surface area is 63.3 Å². The Kier molecular flexibility index (Phi) is 2.70. The van der Waals surface area contributed by atoms with Gasteiger partial charge in [-0.2, -0.15) is 4.39 Å². The normalized spacial score (nSPS) is 20.0. The van der Waals surface area contributed by atoms with Crippen molar-refractivity contribution in [1.29, 1.82) is 0 Å². The topological polar surface area (TPSA) is 0 Å². The molecule has 0 radical (unpaired) electrons. The predicted octanol–water partition coefficient (Wildman–Crippen LogP) is 3.53. The quantitative estimate of drug-likeness (QED) is 0.552. The van der Waals surface area contributed by atoms with Crippen LogP contribution in [0.1, 0.15) is 32.1 Å². The lowest BCUT2D eigenvalue weighted by Gasteiger charge is -2.12. The smallest absolute Gasteiger partial charge is 0.164 e. The molecule has 0 aromatic carbocycles. The molecular weight excluding hydrogens is 183 g/mol. The molecule has 9 heavy (non-hydrogen) atoms. The van der Waals surface area contributed by atoms with Crippen molar-refractivity contribution < 1.29 is 4.39 Å². The van der Waals surface area contributed by atoms with Crippen molar-refractivity contribution in [3.63, 3.8) is 0 Å². The van der Waals surface area contributed by atoms with Crippen LogP contribution in [-0.4, -0.2) is 0 Å². The number of allylic oxidation sites excluding steroid dienone is 1. The minimum atomic E-state index is -0.123. The van der Waals surface area contributed by atoms with Gasteiger partial charge in [0.1, 0.15) is 0 Å². The Morgan fingerprint density at radius 1 is 1.22 bits per heavy atom. The molecule has 0 nitrogen and oxygen atoms in total. The van der Waals surface area contributed by atoms with Gasteiger partial charge in [-0.05, 0) is 47.2 Å². The summed E-state index contributed by atoms with van der Waals surface area (Å²) < 4.78 is 12.3.